The lowest BCUT2D eigenvalue weighted by atomic mass is 9.64. The van der Waals surface area contributed by atoms with Crippen molar-refractivity contribution < 1.29 is 33.3 Å². The van der Waals surface area contributed by atoms with Crippen molar-refractivity contribution in [2.24, 2.45) is 11.7 Å². The van der Waals surface area contributed by atoms with Gasteiger partial charge >= 0.3 is 0 Å². The average molecular weight is 503 g/mol. The smallest absolute Gasteiger partial charge is 0.243 e. The first-order valence-corrected chi connectivity index (χ1v) is 10.3. The summed E-state index contributed by atoms with van der Waals surface area (Å²) in [6.45, 7) is 4.35. The van der Waals surface area contributed by atoms with E-state index in [0.29, 0.717) is 6.04 Å². The fourth-order valence-corrected chi connectivity index (χ4v) is 5.41. The Kier molecular flexibility index (Phi) is 6.66. The number of likely N-dealkylation sites (N-methyl/N-ethyl adjacent to an activating group) is 1. The minimum absolute atomic E-state index is 0. The predicted octanol–water partition coefficient (Wildman–Crippen LogP) is 0.00700. The maximum Gasteiger partial charge on any atom is 0.243 e. The number of halogens is 1. The van der Waals surface area contributed by atoms with Crippen LogP contribution in [0.1, 0.15) is 37.3 Å². The molecule has 2 atom stereocenters. The zero-order valence-corrected chi connectivity index (χ0v) is 19.4. The minimum atomic E-state index is -0.781. The van der Waals surface area contributed by atoms with Gasteiger partial charge in [0.2, 0.25) is 11.7 Å². The molecule has 0 saturated heterocycles. The number of carbonyl (C=O) groups excluding carboxylic acids is 1. The third kappa shape index (κ3) is 3.69. The summed E-state index contributed by atoms with van der Waals surface area (Å²) in [7, 11) is 2.16. The molecule has 2 unspecified atom stereocenters. The standard InChI is InChI=1S/C24H29N3O.HI/c1-18-26(2)15-16-27(18)22-14-13-21(17-22)24(23(25)28,19-9-5-3-6-10-19)20-11-7-4-8-12-20;/h3-12,21-22H,13-17H2,1-2H3,(H-,25,28);1H. The molecule has 1 heterocycles. The first-order chi connectivity index (χ1) is 13.5. The first-order valence-electron chi connectivity index (χ1n) is 10.3. The summed E-state index contributed by atoms with van der Waals surface area (Å²) in [6, 6.07) is 20.8. The molecule has 2 aromatic carbocycles. The third-order valence-electron chi connectivity index (χ3n) is 6.95. The second-order valence-corrected chi connectivity index (χ2v) is 8.23. The Hall–Kier alpha value is -1.89. The molecule has 2 N–H and O–H groups in total. The highest BCUT2D eigenvalue weighted by molar-refractivity contribution is 5.91. The van der Waals surface area contributed by atoms with Crippen LogP contribution in [0.15, 0.2) is 60.7 Å². The highest BCUT2D eigenvalue weighted by Gasteiger charge is 2.52. The summed E-state index contributed by atoms with van der Waals surface area (Å²) >= 11 is 0. The summed E-state index contributed by atoms with van der Waals surface area (Å²) < 4.78 is 2.32. The van der Waals surface area contributed by atoms with E-state index in [1.807, 2.05) is 36.4 Å². The molecule has 4 nitrogen and oxygen atoms in total. The molecule has 1 aliphatic heterocycles. The molecule has 4 rings (SSSR count). The van der Waals surface area contributed by atoms with Crippen molar-refractivity contribution >= 4 is 11.7 Å². The van der Waals surface area contributed by atoms with E-state index >= 15 is 0 Å². The zero-order valence-electron chi connectivity index (χ0n) is 17.2. The van der Waals surface area contributed by atoms with Crippen molar-refractivity contribution in [3.05, 3.63) is 71.8 Å². The Morgan fingerprint density at radius 1 is 1.03 bits per heavy atom. The van der Waals surface area contributed by atoms with E-state index in [9.17, 15) is 4.79 Å². The molecule has 1 fully saturated rings. The van der Waals surface area contributed by atoms with Crippen LogP contribution < -0.4 is 29.7 Å². The fourth-order valence-electron chi connectivity index (χ4n) is 5.41. The summed E-state index contributed by atoms with van der Waals surface area (Å²) in [5.41, 5.74) is 7.44. The van der Waals surface area contributed by atoms with Crippen LogP contribution in [-0.2, 0) is 10.2 Å². The van der Waals surface area contributed by atoms with Crippen molar-refractivity contribution in [2.75, 3.05) is 20.1 Å². The van der Waals surface area contributed by atoms with Gasteiger partial charge in [-0.05, 0) is 36.3 Å². The van der Waals surface area contributed by atoms with Gasteiger partial charge in [0, 0.05) is 6.92 Å². The van der Waals surface area contributed by atoms with Gasteiger partial charge in [-0.25, -0.2) is 0 Å². The van der Waals surface area contributed by atoms with Crippen LogP contribution >= 0.6 is 0 Å². The van der Waals surface area contributed by atoms with E-state index < -0.39 is 5.41 Å². The van der Waals surface area contributed by atoms with E-state index in [1.54, 1.807) is 0 Å². The predicted molar refractivity (Wildman–Crippen MR) is 112 cm³/mol. The highest BCUT2D eigenvalue weighted by Crippen LogP contribution is 2.48. The molecule has 154 valence electrons. The Labute approximate surface area is 190 Å². The van der Waals surface area contributed by atoms with E-state index in [4.69, 9.17) is 5.73 Å². The Balaban J connectivity index is 0.00000240. The molecule has 0 spiro atoms. The van der Waals surface area contributed by atoms with Crippen LogP contribution in [0.4, 0.5) is 0 Å². The van der Waals surface area contributed by atoms with Crippen molar-refractivity contribution in [1.29, 1.82) is 0 Å². The number of amides is 1. The van der Waals surface area contributed by atoms with Crippen LogP contribution in [0, 0.1) is 5.92 Å². The van der Waals surface area contributed by atoms with E-state index in [0.717, 1.165) is 43.5 Å². The lowest BCUT2D eigenvalue weighted by molar-refractivity contribution is -0.487. The van der Waals surface area contributed by atoms with Crippen LogP contribution in [0.2, 0.25) is 0 Å². The highest BCUT2D eigenvalue weighted by atomic mass is 127. The fraction of sp³-hybridized carbons (Fsp3) is 0.417. The largest absolute Gasteiger partial charge is 1.00 e. The molecule has 29 heavy (non-hydrogen) atoms. The number of nitrogens with two attached hydrogens (primary N) is 1. The molecule has 5 heteroatoms. The topological polar surface area (TPSA) is 49.3 Å². The molecular weight excluding hydrogens is 473 g/mol. The molecular formula is C24H30IN3O. The van der Waals surface area contributed by atoms with Gasteiger partial charge in [-0.1, -0.05) is 60.7 Å². The van der Waals surface area contributed by atoms with Gasteiger partial charge in [0.05, 0.1) is 13.1 Å². The lowest BCUT2D eigenvalue weighted by Gasteiger charge is -2.37. The van der Waals surface area contributed by atoms with Crippen molar-refractivity contribution in [3.8, 4) is 0 Å². The maximum atomic E-state index is 13.1. The second kappa shape index (κ2) is 8.86. The van der Waals surface area contributed by atoms with Crippen LogP contribution in [0.5, 0.6) is 0 Å². The van der Waals surface area contributed by atoms with Crippen molar-refractivity contribution in [1.82, 2.24) is 4.90 Å². The van der Waals surface area contributed by atoms with Crippen molar-refractivity contribution in [2.45, 2.75) is 37.6 Å². The Bertz CT molecular complexity index is 842. The summed E-state index contributed by atoms with van der Waals surface area (Å²) in [4.78, 5) is 15.7. The first kappa shape index (κ1) is 21.8. The normalized spacial score (nSPS) is 21.9. The van der Waals surface area contributed by atoms with Crippen LogP contribution in [0.3, 0.4) is 0 Å². The summed E-state index contributed by atoms with van der Waals surface area (Å²) in [6.07, 6.45) is 3.09. The van der Waals surface area contributed by atoms with E-state index in [2.05, 4.69) is 47.7 Å². The molecule has 0 radical (unpaired) electrons. The molecule has 0 bridgehead atoms. The molecule has 2 aliphatic rings. The van der Waals surface area contributed by atoms with Gasteiger partial charge in [0.25, 0.3) is 0 Å². The monoisotopic (exact) mass is 503 g/mol. The SMILES string of the molecule is CC1=[N+](C)CCN1C1CCC(C(C(N)=O)(c2ccccc2)c2ccccc2)C1.[I-]. The number of primary amides is 1. The van der Waals surface area contributed by atoms with Gasteiger partial charge in [-0.2, -0.15) is 0 Å². The van der Waals surface area contributed by atoms with Gasteiger partial charge in [-0.3, -0.25) is 14.3 Å². The quantitative estimate of drug-likeness (QED) is 0.462. The molecule has 0 aromatic heterocycles. The minimum Gasteiger partial charge on any atom is -1.00 e. The second-order valence-electron chi connectivity index (χ2n) is 8.23. The van der Waals surface area contributed by atoms with E-state index in [-0.39, 0.29) is 35.8 Å². The van der Waals surface area contributed by atoms with Crippen molar-refractivity contribution in [3.63, 3.8) is 0 Å². The number of hydrogen-bond acceptors (Lipinski definition) is 2. The van der Waals surface area contributed by atoms with Crippen LogP contribution in [-0.4, -0.2) is 47.4 Å². The number of benzene rings is 2. The zero-order chi connectivity index (χ0) is 19.7. The van der Waals surface area contributed by atoms with Gasteiger partial charge in [0.1, 0.15) is 18.5 Å². The average Bonchev–Trinajstić information content (AvgIpc) is 3.32. The van der Waals surface area contributed by atoms with Gasteiger partial charge in [-0.15, -0.1) is 0 Å². The van der Waals surface area contributed by atoms with Gasteiger partial charge in [0.15, 0.2) is 0 Å². The number of carbonyl (C=O) groups is 1. The molecule has 1 amide bonds. The number of rotatable bonds is 5. The molecule has 1 aliphatic carbocycles. The Morgan fingerprint density at radius 2 is 1.59 bits per heavy atom. The van der Waals surface area contributed by atoms with E-state index in [1.165, 1.54) is 5.84 Å². The maximum absolute atomic E-state index is 13.1. The van der Waals surface area contributed by atoms with Crippen LogP contribution in [0.25, 0.3) is 0 Å². The number of nitrogens with zero attached hydrogens (tertiary/aromatic N) is 2. The number of amidine groups is 1. The summed E-state index contributed by atoms with van der Waals surface area (Å²) in [5.74, 6) is 1.29. The number of hydrogen-bond donors (Lipinski definition) is 1. The lowest BCUT2D eigenvalue weighted by Crippen LogP contribution is -3.00. The molecule has 1 saturated carbocycles. The van der Waals surface area contributed by atoms with Gasteiger partial charge < -0.3 is 29.7 Å². The Morgan fingerprint density at radius 3 is 2.03 bits per heavy atom. The molecule has 2 aromatic rings. The third-order valence-corrected chi connectivity index (χ3v) is 6.95. The summed E-state index contributed by atoms with van der Waals surface area (Å²) in [5, 5.41) is 0.